The average molecular weight is 422 g/mol. The third kappa shape index (κ3) is 3.80. The standard InChI is InChI=1S/C22H23N5O2S/c28-20(27-8-3-9-27)14-26-10-6-15(13-26)19-12-17(16-4-1-2-5-18(16)24-19)21(29)25-22-23-7-11-30-22/h1-2,4-5,7,11-12,15H,3,6,8-10,13-14H2,(H,23,25,29)/t15-/m0/s1. The van der Waals surface area contributed by atoms with Crippen LogP contribution in [0.1, 0.15) is 34.8 Å². The minimum atomic E-state index is -0.174. The van der Waals surface area contributed by atoms with Crippen LogP contribution in [0.25, 0.3) is 10.9 Å². The van der Waals surface area contributed by atoms with Crippen molar-refractivity contribution in [3.05, 3.63) is 53.2 Å². The minimum absolute atomic E-state index is 0.174. The first-order valence-corrected chi connectivity index (χ1v) is 11.2. The van der Waals surface area contributed by atoms with E-state index in [1.54, 1.807) is 6.20 Å². The molecule has 8 heteroatoms. The van der Waals surface area contributed by atoms with Crippen LogP contribution in [0.3, 0.4) is 0 Å². The number of fused-ring (bicyclic) bond motifs is 1. The van der Waals surface area contributed by atoms with Crippen LogP contribution < -0.4 is 5.32 Å². The van der Waals surface area contributed by atoms with E-state index in [-0.39, 0.29) is 17.7 Å². The zero-order chi connectivity index (χ0) is 20.5. The van der Waals surface area contributed by atoms with E-state index in [4.69, 9.17) is 4.98 Å². The van der Waals surface area contributed by atoms with Crippen molar-refractivity contribution in [3.8, 4) is 0 Å². The van der Waals surface area contributed by atoms with Gasteiger partial charge in [-0.25, -0.2) is 4.98 Å². The summed E-state index contributed by atoms with van der Waals surface area (Å²) in [4.78, 5) is 38.4. The molecule has 3 aromatic rings. The van der Waals surface area contributed by atoms with Crippen molar-refractivity contribution in [3.63, 3.8) is 0 Å². The number of nitrogens with one attached hydrogen (secondary N) is 1. The van der Waals surface area contributed by atoms with Crippen molar-refractivity contribution < 1.29 is 9.59 Å². The lowest BCUT2D eigenvalue weighted by atomic mass is 9.99. The molecule has 7 nitrogen and oxygen atoms in total. The van der Waals surface area contributed by atoms with Gasteiger partial charge in [-0.15, -0.1) is 11.3 Å². The summed E-state index contributed by atoms with van der Waals surface area (Å²) in [5, 5.41) is 6.14. The van der Waals surface area contributed by atoms with E-state index in [1.807, 2.05) is 40.6 Å². The monoisotopic (exact) mass is 421 g/mol. The Bertz CT molecular complexity index is 1080. The maximum absolute atomic E-state index is 13.0. The number of rotatable bonds is 5. The van der Waals surface area contributed by atoms with E-state index in [2.05, 4.69) is 15.2 Å². The van der Waals surface area contributed by atoms with E-state index in [0.29, 0.717) is 17.2 Å². The second-order valence-electron chi connectivity index (χ2n) is 7.86. The second kappa shape index (κ2) is 8.12. The summed E-state index contributed by atoms with van der Waals surface area (Å²) in [6.45, 7) is 3.92. The summed E-state index contributed by atoms with van der Waals surface area (Å²) in [7, 11) is 0. The van der Waals surface area contributed by atoms with E-state index in [1.165, 1.54) is 11.3 Å². The fourth-order valence-electron chi connectivity index (χ4n) is 4.12. The summed E-state index contributed by atoms with van der Waals surface area (Å²) in [5.41, 5.74) is 2.34. The van der Waals surface area contributed by atoms with Crippen molar-refractivity contribution in [1.29, 1.82) is 0 Å². The highest BCUT2D eigenvalue weighted by Crippen LogP contribution is 2.30. The van der Waals surface area contributed by atoms with Gasteiger partial charge in [-0.2, -0.15) is 0 Å². The van der Waals surface area contributed by atoms with Crippen LogP contribution in [0.15, 0.2) is 41.9 Å². The van der Waals surface area contributed by atoms with Crippen LogP contribution in [-0.4, -0.2) is 64.3 Å². The number of pyridine rings is 1. The number of carbonyl (C=O) groups excluding carboxylic acids is 2. The Kier molecular flexibility index (Phi) is 5.18. The molecular formula is C22H23N5O2S. The number of carbonyl (C=O) groups is 2. The van der Waals surface area contributed by atoms with Crippen LogP contribution >= 0.6 is 11.3 Å². The zero-order valence-corrected chi connectivity index (χ0v) is 17.4. The van der Waals surface area contributed by atoms with Gasteiger partial charge < -0.3 is 4.90 Å². The van der Waals surface area contributed by atoms with Crippen LogP contribution in [0.4, 0.5) is 5.13 Å². The molecule has 0 spiro atoms. The Morgan fingerprint density at radius 1 is 1.20 bits per heavy atom. The summed E-state index contributed by atoms with van der Waals surface area (Å²) in [5.74, 6) is 0.259. The number of likely N-dealkylation sites (tertiary alicyclic amines) is 2. The smallest absolute Gasteiger partial charge is 0.258 e. The summed E-state index contributed by atoms with van der Waals surface area (Å²) < 4.78 is 0. The number of amides is 2. The molecule has 2 fully saturated rings. The fourth-order valence-corrected chi connectivity index (χ4v) is 4.64. The van der Waals surface area contributed by atoms with Gasteiger partial charge in [0.15, 0.2) is 5.13 Å². The largest absolute Gasteiger partial charge is 0.341 e. The first kappa shape index (κ1) is 19.1. The lowest BCUT2D eigenvalue weighted by molar-refractivity contribution is -0.135. The van der Waals surface area contributed by atoms with Gasteiger partial charge in [0, 0.05) is 48.2 Å². The third-order valence-corrected chi connectivity index (χ3v) is 6.58. The van der Waals surface area contributed by atoms with Crippen molar-refractivity contribution in [2.24, 2.45) is 0 Å². The maximum Gasteiger partial charge on any atom is 0.258 e. The molecule has 4 heterocycles. The average Bonchev–Trinajstić information content (AvgIpc) is 3.38. The van der Waals surface area contributed by atoms with Crippen LogP contribution in [0.2, 0.25) is 0 Å². The number of benzene rings is 1. The SMILES string of the molecule is O=C(Nc1nccs1)c1cc([C@H]2CCN(CC(=O)N3CCC3)C2)nc2ccccc12. The molecule has 2 aliphatic rings. The predicted octanol–water partition coefficient (Wildman–Crippen LogP) is 2.97. The van der Waals surface area contributed by atoms with Crippen LogP contribution in [0.5, 0.6) is 0 Å². The Labute approximate surface area is 178 Å². The van der Waals surface area contributed by atoms with Crippen molar-refractivity contribution >= 4 is 39.2 Å². The molecule has 2 aromatic heterocycles. The molecule has 2 aliphatic heterocycles. The molecule has 0 bridgehead atoms. The van der Waals surface area contributed by atoms with E-state index >= 15 is 0 Å². The van der Waals surface area contributed by atoms with E-state index in [9.17, 15) is 9.59 Å². The lowest BCUT2D eigenvalue weighted by Gasteiger charge is -2.32. The number of thiazole rings is 1. The number of anilines is 1. The van der Waals surface area contributed by atoms with Crippen LogP contribution in [-0.2, 0) is 4.79 Å². The first-order valence-electron chi connectivity index (χ1n) is 10.3. The number of aromatic nitrogens is 2. The number of hydrogen-bond donors (Lipinski definition) is 1. The third-order valence-electron chi connectivity index (χ3n) is 5.89. The Hall–Kier alpha value is -2.84. The molecule has 154 valence electrons. The van der Waals surface area contributed by atoms with Gasteiger partial charge in [-0.05, 0) is 31.5 Å². The van der Waals surface area contributed by atoms with E-state index in [0.717, 1.165) is 55.6 Å². The van der Waals surface area contributed by atoms with Crippen LogP contribution in [0, 0.1) is 0 Å². The van der Waals surface area contributed by atoms with Crippen molar-refractivity contribution in [2.45, 2.75) is 18.8 Å². The highest BCUT2D eigenvalue weighted by molar-refractivity contribution is 7.13. The molecule has 2 amide bonds. The van der Waals surface area contributed by atoms with Crippen molar-refractivity contribution in [2.75, 3.05) is 38.0 Å². The van der Waals surface area contributed by atoms with Gasteiger partial charge in [0.2, 0.25) is 5.91 Å². The molecule has 0 saturated carbocycles. The molecule has 1 atom stereocenters. The Balaban J connectivity index is 1.38. The topological polar surface area (TPSA) is 78.4 Å². The van der Waals surface area contributed by atoms with E-state index < -0.39 is 0 Å². The van der Waals surface area contributed by atoms with Gasteiger partial charge in [-0.1, -0.05) is 18.2 Å². The van der Waals surface area contributed by atoms with Gasteiger partial charge >= 0.3 is 0 Å². The number of para-hydroxylation sites is 1. The van der Waals surface area contributed by atoms with Gasteiger partial charge in [0.1, 0.15) is 0 Å². The van der Waals surface area contributed by atoms with Gasteiger partial charge in [0.25, 0.3) is 5.91 Å². The molecule has 0 unspecified atom stereocenters. The Morgan fingerprint density at radius 2 is 2.07 bits per heavy atom. The molecule has 0 aliphatic carbocycles. The van der Waals surface area contributed by atoms with Gasteiger partial charge in [0.05, 0.1) is 17.6 Å². The molecular weight excluding hydrogens is 398 g/mol. The lowest BCUT2D eigenvalue weighted by Crippen LogP contribution is -2.46. The first-order chi connectivity index (χ1) is 14.7. The molecule has 30 heavy (non-hydrogen) atoms. The summed E-state index contributed by atoms with van der Waals surface area (Å²) in [6, 6.07) is 9.64. The molecule has 2 saturated heterocycles. The number of hydrogen-bond acceptors (Lipinski definition) is 6. The highest BCUT2D eigenvalue weighted by atomic mass is 32.1. The van der Waals surface area contributed by atoms with Crippen molar-refractivity contribution in [1.82, 2.24) is 19.8 Å². The molecule has 5 rings (SSSR count). The number of nitrogens with zero attached hydrogens (tertiary/aromatic N) is 4. The quantitative estimate of drug-likeness (QED) is 0.685. The summed E-state index contributed by atoms with van der Waals surface area (Å²) >= 11 is 1.39. The Morgan fingerprint density at radius 3 is 2.83 bits per heavy atom. The van der Waals surface area contributed by atoms with Gasteiger partial charge in [-0.3, -0.25) is 24.8 Å². The molecule has 0 radical (unpaired) electrons. The maximum atomic E-state index is 13.0. The highest BCUT2D eigenvalue weighted by Gasteiger charge is 2.30. The predicted molar refractivity (Wildman–Crippen MR) is 117 cm³/mol. The zero-order valence-electron chi connectivity index (χ0n) is 16.6. The fraction of sp³-hybridized carbons (Fsp3) is 0.364. The normalized spacial score (nSPS) is 19.1. The summed E-state index contributed by atoms with van der Waals surface area (Å²) in [6.07, 6.45) is 3.72. The second-order valence-corrected chi connectivity index (χ2v) is 8.75. The minimum Gasteiger partial charge on any atom is -0.341 e. The molecule has 1 N–H and O–H groups in total. The molecule has 1 aromatic carbocycles.